The summed E-state index contributed by atoms with van der Waals surface area (Å²) in [6.45, 7) is 4.46. The number of hydrogen-bond donors (Lipinski definition) is 0. The minimum atomic E-state index is -0.609. The Morgan fingerprint density at radius 3 is 2.61 bits per heavy atom. The number of methoxy groups -OCH3 is 1. The summed E-state index contributed by atoms with van der Waals surface area (Å²) >= 11 is 3.62. The molecule has 1 saturated carbocycles. The third kappa shape index (κ3) is 2.95. The average molecular weight is 439 g/mol. The van der Waals surface area contributed by atoms with Gasteiger partial charge in [0.15, 0.2) is 0 Å². The van der Waals surface area contributed by atoms with Crippen LogP contribution in [0.2, 0.25) is 0 Å². The molecule has 0 N–H and O–H groups in total. The molecule has 2 aromatic carbocycles. The number of rotatable bonds is 2. The molecule has 1 fully saturated rings. The number of carbonyl (C=O) groups excluding carboxylic acids is 1. The predicted molar refractivity (Wildman–Crippen MR) is 117 cm³/mol. The van der Waals surface area contributed by atoms with Gasteiger partial charge in [-0.3, -0.25) is 4.79 Å². The fourth-order valence-electron chi connectivity index (χ4n) is 5.70. The van der Waals surface area contributed by atoms with Crippen LogP contribution in [0.3, 0.4) is 0 Å². The molecule has 2 nitrogen and oxygen atoms in total. The van der Waals surface area contributed by atoms with E-state index in [0.29, 0.717) is 0 Å². The molecule has 0 radical (unpaired) electrons. The van der Waals surface area contributed by atoms with Crippen molar-refractivity contribution in [2.24, 2.45) is 11.3 Å². The lowest BCUT2D eigenvalue weighted by atomic mass is 9.48. The first-order chi connectivity index (χ1) is 13.4. The normalized spacial score (nSPS) is 30.4. The summed E-state index contributed by atoms with van der Waals surface area (Å²) < 4.78 is 6.50. The summed E-state index contributed by atoms with van der Waals surface area (Å²) in [6.07, 6.45) is 6.17. The monoisotopic (exact) mass is 438 g/mol. The summed E-state index contributed by atoms with van der Waals surface area (Å²) in [4.78, 5) is 13.2. The quantitative estimate of drug-likeness (QED) is 0.512. The molecule has 2 aromatic rings. The number of aryl methyl sites for hydroxylation is 1. The van der Waals surface area contributed by atoms with Crippen LogP contribution in [0, 0.1) is 11.3 Å². The van der Waals surface area contributed by atoms with Crippen molar-refractivity contribution >= 4 is 28.0 Å². The van der Waals surface area contributed by atoms with E-state index in [1.807, 2.05) is 18.2 Å². The van der Waals surface area contributed by atoms with E-state index in [2.05, 4.69) is 66.2 Å². The lowest BCUT2D eigenvalue weighted by Gasteiger charge is -2.55. The third-order valence-corrected chi connectivity index (χ3v) is 7.67. The number of ether oxygens (including phenoxy) is 1. The Hall–Kier alpha value is -1.87. The van der Waals surface area contributed by atoms with Gasteiger partial charge in [-0.1, -0.05) is 70.9 Å². The standard InChI is InChI=1S/C25H27BrO2/c1-24-14-13-19(15-17-7-5-4-6-8-17)25(2,23(27)28-3)22(24)12-9-18-16-20(26)10-11-21(18)24/h4-8,10-11,15-16,22H,9,12-14H2,1-3H3/b19-15+/t22-,24-,25-/m1/s1. The second kappa shape index (κ2) is 7.18. The van der Waals surface area contributed by atoms with Crippen LogP contribution in [0.4, 0.5) is 0 Å². The molecule has 0 unspecified atom stereocenters. The van der Waals surface area contributed by atoms with Crippen molar-refractivity contribution in [3.05, 3.63) is 75.3 Å². The van der Waals surface area contributed by atoms with Gasteiger partial charge in [0.1, 0.15) is 0 Å². The van der Waals surface area contributed by atoms with Gasteiger partial charge in [-0.25, -0.2) is 0 Å². The Bertz CT molecular complexity index is 933. The van der Waals surface area contributed by atoms with Crippen LogP contribution in [0.15, 0.2) is 58.6 Å². The maximum atomic E-state index is 13.2. The van der Waals surface area contributed by atoms with Crippen molar-refractivity contribution in [2.45, 2.75) is 44.9 Å². The van der Waals surface area contributed by atoms with E-state index in [0.717, 1.165) is 35.7 Å². The Morgan fingerprint density at radius 2 is 1.89 bits per heavy atom. The molecule has 0 saturated heterocycles. The van der Waals surface area contributed by atoms with Crippen LogP contribution in [0.25, 0.3) is 6.08 Å². The van der Waals surface area contributed by atoms with E-state index < -0.39 is 5.41 Å². The Morgan fingerprint density at radius 1 is 1.14 bits per heavy atom. The third-order valence-electron chi connectivity index (χ3n) is 7.18. The number of fused-ring (bicyclic) bond motifs is 3. The molecule has 3 atom stereocenters. The van der Waals surface area contributed by atoms with Crippen molar-refractivity contribution in [3.8, 4) is 0 Å². The topological polar surface area (TPSA) is 26.3 Å². The van der Waals surface area contributed by atoms with Gasteiger partial charge in [-0.15, -0.1) is 0 Å². The molecule has 0 spiro atoms. The van der Waals surface area contributed by atoms with Crippen LogP contribution in [-0.2, 0) is 21.4 Å². The van der Waals surface area contributed by atoms with Gasteiger partial charge in [0.2, 0.25) is 0 Å². The van der Waals surface area contributed by atoms with E-state index in [9.17, 15) is 4.79 Å². The maximum absolute atomic E-state index is 13.2. The van der Waals surface area contributed by atoms with Crippen LogP contribution in [-0.4, -0.2) is 13.1 Å². The molecular formula is C25H27BrO2. The zero-order chi connectivity index (χ0) is 19.9. The summed E-state index contributed by atoms with van der Waals surface area (Å²) in [5, 5.41) is 0. The molecule has 2 aliphatic carbocycles. The highest BCUT2D eigenvalue weighted by Gasteiger charge is 2.57. The van der Waals surface area contributed by atoms with Crippen molar-refractivity contribution in [1.82, 2.24) is 0 Å². The van der Waals surface area contributed by atoms with E-state index in [1.165, 1.54) is 23.8 Å². The zero-order valence-corrected chi connectivity index (χ0v) is 18.4. The van der Waals surface area contributed by atoms with Crippen molar-refractivity contribution in [2.75, 3.05) is 7.11 Å². The van der Waals surface area contributed by atoms with Crippen LogP contribution >= 0.6 is 15.9 Å². The van der Waals surface area contributed by atoms with Crippen LogP contribution in [0.5, 0.6) is 0 Å². The van der Waals surface area contributed by atoms with E-state index >= 15 is 0 Å². The zero-order valence-electron chi connectivity index (χ0n) is 16.8. The highest BCUT2D eigenvalue weighted by molar-refractivity contribution is 9.10. The molecule has 0 heterocycles. The molecular weight excluding hydrogens is 412 g/mol. The number of halogens is 1. The summed E-state index contributed by atoms with van der Waals surface area (Å²) in [5.41, 5.74) is 4.54. The molecule has 0 aliphatic heterocycles. The number of carbonyl (C=O) groups is 1. The molecule has 146 valence electrons. The second-order valence-electron chi connectivity index (χ2n) is 8.58. The van der Waals surface area contributed by atoms with Crippen LogP contribution in [0.1, 0.15) is 49.8 Å². The largest absolute Gasteiger partial charge is 0.468 e. The highest BCUT2D eigenvalue weighted by atomic mass is 79.9. The van der Waals surface area contributed by atoms with Crippen molar-refractivity contribution < 1.29 is 9.53 Å². The van der Waals surface area contributed by atoms with Gasteiger partial charge < -0.3 is 4.74 Å². The van der Waals surface area contributed by atoms with Gasteiger partial charge >= 0.3 is 5.97 Å². The van der Waals surface area contributed by atoms with E-state index in [-0.39, 0.29) is 17.3 Å². The summed E-state index contributed by atoms with van der Waals surface area (Å²) in [5.74, 6) is 0.121. The fraction of sp³-hybridized carbons (Fsp3) is 0.400. The fourth-order valence-corrected chi connectivity index (χ4v) is 6.11. The minimum absolute atomic E-state index is 0.0226. The SMILES string of the molecule is COC(=O)[C@]1(C)/C(=C/c2ccccc2)CC[C@]2(C)c3ccc(Br)cc3CC[C@@H]12. The van der Waals surface area contributed by atoms with Gasteiger partial charge in [0.25, 0.3) is 0 Å². The highest BCUT2D eigenvalue weighted by Crippen LogP contribution is 2.60. The smallest absolute Gasteiger partial charge is 0.315 e. The predicted octanol–water partition coefficient (Wildman–Crippen LogP) is 6.33. The molecule has 0 amide bonds. The number of benzene rings is 2. The molecule has 28 heavy (non-hydrogen) atoms. The van der Waals surface area contributed by atoms with E-state index in [1.54, 1.807) is 0 Å². The Labute approximate surface area is 176 Å². The molecule has 3 heteroatoms. The van der Waals surface area contributed by atoms with Gasteiger partial charge in [0.05, 0.1) is 12.5 Å². The van der Waals surface area contributed by atoms with Crippen molar-refractivity contribution in [3.63, 3.8) is 0 Å². The maximum Gasteiger partial charge on any atom is 0.315 e. The van der Waals surface area contributed by atoms with Gasteiger partial charge in [0, 0.05) is 4.47 Å². The summed E-state index contributed by atoms with van der Waals surface area (Å²) in [7, 11) is 1.52. The first kappa shape index (κ1) is 19.4. The second-order valence-corrected chi connectivity index (χ2v) is 9.50. The molecule has 0 bridgehead atoms. The van der Waals surface area contributed by atoms with Gasteiger partial charge in [-0.05, 0) is 72.8 Å². The lowest BCUT2D eigenvalue weighted by Crippen LogP contribution is -2.53. The Kier molecular flexibility index (Phi) is 4.99. The number of esters is 1. The van der Waals surface area contributed by atoms with Gasteiger partial charge in [-0.2, -0.15) is 0 Å². The molecule has 4 rings (SSSR count). The molecule has 0 aromatic heterocycles. The average Bonchev–Trinajstić information content (AvgIpc) is 2.70. The molecule has 2 aliphatic rings. The Balaban J connectivity index is 1.84. The first-order valence-electron chi connectivity index (χ1n) is 10.0. The van der Waals surface area contributed by atoms with Crippen molar-refractivity contribution in [1.29, 1.82) is 0 Å². The number of hydrogen-bond acceptors (Lipinski definition) is 2. The van der Waals surface area contributed by atoms with Crippen LogP contribution < -0.4 is 0 Å². The summed E-state index contributed by atoms with van der Waals surface area (Å²) in [6, 6.07) is 17.0. The first-order valence-corrected chi connectivity index (χ1v) is 10.8. The van der Waals surface area contributed by atoms with E-state index in [4.69, 9.17) is 4.74 Å². The lowest BCUT2D eigenvalue weighted by molar-refractivity contribution is -0.156. The minimum Gasteiger partial charge on any atom is -0.468 e.